The molecule has 0 aliphatic rings. The first-order valence-electron chi connectivity index (χ1n) is 7.07. The van der Waals surface area contributed by atoms with E-state index in [4.69, 9.17) is 5.73 Å². The van der Waals surface area contributed by atoms with Crippen LogP contribution in [0, 0.1) is 6.92 Å². The number of primary amides is 1. The van der Waals surface area contributed by atoms with Crippen LogP contribution in [-0.4, -0.2) is 21.7 Å². The van der Waals surface area contributed by atoms with Gasteiger partial charge in [0.2, 0.25) is 5.91 Å². The molecule has 112 valence electrons. The first kappa shape index (κ1) is 15.3. The first-order valence-corrected chi connectivity index (χ1v) is 7.07. The third-order valence-electron chi connectivity index (χ3n) is 3.54. The fraction of sp³-hybridized carbons (Fsp3) is 0.375. The van der Waals surface area contributed by atoms with Crippen molar-refractivity contribution in [3.05, 3.63) is 53.9 Å². The number of aromatic nitrogens is 2. The third-order valence-corrected chi connectivity index (χ3v) is 3.54. The molecular weight excluding hydrogens is 264 g/mol. The van der Waals surface area contributed by atoms with Crippen LogP contribution in [0.3, 0.4) is 0 Å². The van der Waals surface area contributed by atoms with Crippen LogP contribution < -0.4 is 11.1 Å². The van der Waals surface area contributed by atoms with Crippen LogP contribution in [0.4, 0.5) is 0 Å². The van der Waals surface area contributed by atoms with Gasteiger partial charge in [-0.1, -0.05) is 30.3 Å². The number of carbonyl (C=O) groups is 1. The van der Waals surface area contributed by atoms with E-state index in [9.17, 15) is 4.79 Å². The highest BCUT2D eigenvalue weighted by molar-refractivity contribution is 5.86. The molecule has 0 spiro atoms. The van der Waals surface area contributed by atoms with E-state index in [1.54, 1.807) is 10.9 Å². The van der Waals surface area contributed by atoms with Gasteiger partial charge in [0.25, 0.3) is 0 Å². The minimum atomic E-state index is -0.980. The standard InChI is InChI=1S/C16H22N4O/c1-12(2)19-16(15(17)21,14-7-5-4-6-8-14)11-20-13(3)9-10-18-20/h4-10,12,19H,11H2,1-3H3,(H2,17,21). The molecule has 0 bridgehead atoms. The lowest BCUT2D eigenvalue weighted by Gasteiger charge is -2.34. The molecule has 0 aliphatic carbocycles. The normalized spacial score (nSPS) is 14.1. The first-order chi connectivity index (χ1) is 9.95. The van der Waals surface area contributed by atoms with Crippen molar-refractivity contribution in [1.82, 2.24) is 15.1 Å². The third kappa shape index (κ3) is 3.13. The number of nitrogens with two attached hydrogens (primary N) is 1. The quantitative estimate of drug-likeness (QED) is 0.846. The number of carbonyl (C=O) groups excluding carboxylic acids is 1. The summed E-state index contributed by atoms with van der Waals surface area (Å²) in [6.07, 6.45) is 1.72. The van der Waals surface area contributed by atoms with Crippen molar-refractivity contribution in [3.63, 3.8) is 0 Å². The zero-order valence-electron chi connectivity index (χ0n) is 12.7. The second kappa shape index (κ2) is 6.10. The average Bonchev–Trinajstić information content (AvgIpc) is 2.83. The Morgan fingerprint density at radius 3 is 2.48 bits per heavy atom. The molecule has 1 aromatic heterocycles. The van der Waals surface area contributed by atoms with E-state index in [2.05, 4.69) is 10.4 Å². The van der Waals surface area contributed by atoms with Gasteiger partial charge < -0.3 is 5.73 Å². The number of hydrogen-bond acceptors (Lipinski definition) is 3. The Hall–Kier alpha value is -2.14. The molecule has 5 nitrogen and oxygen atoms in total. The SMILES string of the molecule is Cc1ccnn1CC(NC(C)C)(C(N)=O)c1ccccc1. The van der Waals surface area contributed by atoms with Crippen LogP contribution in [0.2, 0.25) is 0 Å². The molecule has 1 atom stereocenters. The van der Waals surface area contributed by atoms with E-state index in [1.165, 1.54) is 0 Å². The molecule has 1 amide bonds. The highest BCUT2D eigenvalue weighted by Gasteiger charge is 2.39. The number of amides is 1. The van der Waals surface area contributed by atoms with Gasteiger partial charge in [0.05, 0.1) is 6.54 Å². The van der Waals surface area contributed by atoms with Crippen molar-refractivity contribution in [2.45, 2.75) is 38.9 Å². The maximum atomic E-state index is 12.3. The fourth-order valence-corrected chi connectivity index (χ4v) is 2.52. The molecule has 2 rings (SSSR count). The van der Waals surface area contributed by atoms with Crippen molar-refractivity contribution in [3.8, 4) is 0 Å². The minimum Gasteiger partial charge on any atom is -0.368 e. The number of rotatable bonds is 6. The van der Waals surface area contributed by atoms with Crippen molar-refractivity contribution < 1.29 is 4.79 Å². The monoisotopic (exact) mass is 286 g/mol. The summed E-state index contributed by atoms with van der Waals surface area (Å²) >= 11 is 0. The van der Waals surface area contributed by atoms with E-state index in [-0.39, 0.29) is 6.04 Å². The number of nitrogens with zero attached hydrogens (tertiary/aromatic N) is 2. The van der Waals surface area contributed by atoms with Crippen LogP contribution in [0.1, 0.15) is 25.1 Å². The molecule has 1 heterocycles. The number of benzene rings is 1. The summed E-state index contributed by atoms with van der Waals surface area (Å²) < 4.78 is 1.80. The zero-order valence-corrected chi connectivity index (χ0v) is 12.7. The summed E-state index contributed by atoms with van der Waals surface area (Å²) in [5.41, 5.74) is 6.63. The molecule has 2 aromatic rings. The minimum absolute atomic E-state index is 0.105. The average molecular weight is 286 g/mol. The molecule has 0 aliphatic heterocycles. The lowest BCUT2D eigenvalue weighted by molar-refractivity contribution is -0.126. The van der Waals surface area contributed by atoms with Gasteiger partial charge in [0, 0.05) is 17.9 Å². The van der Waals surface area contributed by atoms with Crippen LogP contribution in [0.25, 0.3) is 0 Å². The Kier molecular flexibility index (Phi) is 4.43. The molecule has 1 aromatic carbocycles. The van der Waals surface area contributed by atoms with Crippen LogP contribution >= 0.6 is 0 Å². The van der Waals surface area contributed by atoms with Crippen molar-refractivity contribution >= 4 is 5.91 Å². The Morgan fingerprint density at radius 1 is 1.33 bits per heavy atom. The Labute approximate surface area is 125 Å². The van der Waals surface area contributed by atoms with E-state index < -0.39 is 11.4 Å². The van der Waals surface area contributed by atoms with E-state index in [1.807, 2.05) is 57.2 Å². The molecule has 0 radical (unpaired) electrons. The Bertz CT molecular complexity index is 606. The molecule has 21 heavy (non-hydrogen) atoms. The summed E-state index contributed by atoms with van der Waals surface area (Å²) in [5.74, 6) is -0.405. The Balaban J connectivity index is 2.51. The van der Waals surface area contributed by atoms with Gasteiger partial charge in [-0.15, -0.1) is 0 Å². The van der Waals surface area contributed by atoms with Gasteiger partial charge in [-0.3, -0.25) is 14.8 Å². The number of aryl methyl sites for hydroxylation is 1. The molecular formula is C16H22N4O. The smallest absolute Gasteiger partial charge is 0.244 e. The second-order valence-corrected chi connectivity index (χ2v) is 5.56. The molecule has 0 saturated carbocycles. The van der Waals surface area contributed by atoms with Gasteiger partial charge in [-0.25, -0.2) is 0 Å². The lowest BCUT2D eigenvalue weighted by atomic mass is 9.88. The summed E-state index contributed by atoms with van der Waals surface area (Å²) in [4.78, 5) is 12.3. The summed E-state index contributed by atoms with van der Waals surface area (Å²) in [7, 11) is 0. The molecule has 0 fully saturated rings. The zero-order chi connectivity index (χ0) is 15.5. The van der Waals surface area contributed by atoms with Crippen LogP contribution in [0.15, 0.2) is 42.6 Å². The van der Waals surface area contributed by atoms with Crippen molar-refractivity contribution in [2.24, 2.45) is 5.73 Å². The topological polar surface area (TPSA) is 72.9 Å². The summed E-state index contributed by atoms with van der Waals surface area (Å²) in [6.45, 7) is 6.32. The van der Waals surface area contributed by atoms with Gasteiger partial charge in [0.15, 0.2) is 0 Å². The van der Waals surface area contributed by atoms with E-state index in [0.717, 1.165) is 11.3 Å². The van der Waals surface area contributed by atoms with Crippen molar-refractivity contribution in [2.75, 3.05) is 0 Å². The predicted molar refractivity (Wildman–Crippen MR) is 82.6 cm³/mol. The number of hydrogen-bond donors (Lipinski definition) is 2. The molecule has 5 heteroatoms. The maximum Gasteiger partial charge on any atom is 0.244 e. The van der Waals surface area contributed by atoms with Gasteiger partial charge in [0.1, 0.15) is 5.54 Å². The van der Waals surface area contributed by atoms with Gasteiger partial charge in [-0.05, 0) is 32.4 Å². The van der Waals surface area contributed by atoms with E-state index >= 15 is 0 Å². The predicted octanol–water partition coefficient (Wildman–Crippen LogP) is 1.57. The maximum absolute atomic E-state index is 12.3. The highest BCUT2D eigenvalue weighted by Crippen LogP contribution is 2.24. The lowest BCUT2D eigenvalue weighted by Crippen LogP contribution is -2.57. The Morgan fingerprint density at radius 2 is 2.00 bits per heavy atom. The summed E-state index contributed by atoms with van der Waals surface area (Å²) in [5, 5.41) is 7.62. The van der Waals surface area contributed by atoms with Crippen LogP contribution in [-0.2, 0) is 16.9 Å². The summed E-state index contributed by atoms with van der Waals surface area (Å²) in [6, 6.07) is 11.6. The molecule has 0 saturated heterocycles. The molecule has 3 N–H and O–H groups in total. The number of nitrogens with one attached hydrogen (secondary N) is 1. The van der Waals surface area contributed by atoms with Gasteiger partial charge >= 0.3 is 0 Å². The van der Waals surface area contributed by atoms with Crippen LogP contribution in [0.5, 0.6) is 0 Å². The highest BCUT2D eigenvalue weighted by atomic mass is 16.1. The fourth-order valence-electron chi connectivity index (χ4n) is 2.52. The largest absolute Gasteiger partial charge is 0.368 e. The van der Waals surface area contributed by atoms with E-state index in [0.29, 0.717) is 6.54 Å². The molecule has 1 unspecified atom stereocenters. The second-order valence-electron chi connectivity index (χ2n) is 5.56. The van der Waals surface area contributed by atoms with Gasteiger partial charge in [-0.2, -0.15) is 5.10 Å². The van der Waals surface area contributed by atoms with Crippen molar-refractivity contribution in [1.29, 1.82) is 0 Å².